The summed E-state index contributed by atoms with van der Waals surface area (Å²) in [6.07, 6.45) is 4.41. The highest BCUT2D eigenvalue weighted by Crippen LogP contribution is 2.53. The molecule has 32 heavy (non-hydrogen) atoms. The highest BCUT2D eigenvalue weighted by atomic mass is 32.2. The van der Waals surface area contributed by atoms with E-state index in [1.54, 1.807) is 41.9 Å². The monoisotopic (exact) mass is 457 g/mol. The molecule has 2 fully saturated rings. The van der Waals surface area contributed by atoms with Crippen molar-refractivity contribution in [3.05, 3.63) is 53.7 Å². The minimum absolute atomic E-state index is 0.000865. The second-order valence-electron chi connectivity index (χ2n) is 10.2. The molecule has 0 unspecified atom stereocenters. The van der Waals surface area contributed by atoms with E-state index >= 15 is 0 Å². The van der Waals surface area contributed by atoms with E-state index in [1.165, 1.54) is 6.07 Å². The highest BCUT2D eigenvalue weighted by molar-refractivity contribution is 7.89. The molecule has 2 bridgehead atoms. The van der Waals surface area contributed by atoms with Gasteiger partial charge in [0.15, 0.2) is 0 Å². The van der Waals surface area contributed by atoms with Crippen LogP contribution in [0.15, 0.2) is 47.5 Å². The molecule has 0 radical (unpaired) electrons. The molecular formula is C24H31N3O4S. The second-order valence-corrected chi connectivity index (χ2v) is 12.1. The van der Waals surface area contributed by atoms with E-state index in [0.29, 0.717) is 18.0 Å². The molecule has 1 N–H and O–H groups in total. The van der Waals surface area contributed by atoms with Gasteiger partial charge in [0.2, 0.25) is 15.9 Å². The topological polar surface area (TPSA) is 88.6 Å². The summed E-state index contributed by atoms with van der Waals surface area (Å²) in [4.78, 5) is 17.0. The smallest absolute Gasteiger partial charge is 0.251 e. The summed E-state index contributed by atoms with van der Waals surface area (Å²) >= 11 is 0. The summed E-state index contributed by atoms with van der Waals surface area (Å²) < 4.78 is 33.7. The summed E-state index contributed by atoms with van der Waals surface area (Å²) in [6.45, 7) is 7.45. The van der Waals surface area contributed by atoms with Crippen LogP contribution in [-0.4, -0.2) is 43.3 Å². The lowest BCUT2D eigenvalue weighted by atomic mass is 9.65. The van der Waals surface area contributed by atoms with Crippen LogP contribution in [0.4, 0.5) is 0 Å². The van der Waals surface area contributed by atoms with Gasteiger partial charge in [-0.2, -0.15) is 4.31 Å². The van der Waals surface area contributed by atoms with Crippen LogP contribution in [0.2, 0.25) is 0 Å². The first-order valence-electron chi connectivity index (χ1n) is 10.9. The molecule has 7 nitrogen and oxygen atoms in total. The number of pyridine rings is 1. The maximum absolute atomic E-state index is 13.5. The molecule has 1 saturated carbocycles. The number of nitrogens with zero attached hydrogens (tertiary/aromatic N) is 2. The van der Waals surface area contributed by atoms with E-state index in [-0.39, 0.29) is 34.2 Å². The van der Waals surface area contributed by atoms with Crippen LogP contribution >= 0.6 is 0 Å². The van der Waals surface area contributed by atoms with Gasteiger partial charge in [0.05, 0.1) is 12.0 Å². The van der Waals surface area contributed by atoms with Crippen molar-refractivity contribution in [2.75, 3.05) is 13.7 Å². The number of fused-ring (bicyclic) bond motifs is 2. The molecule has 2 aromatic rings. The van der Waals surface area contributed by atoms with E-state index in [1.807, 2.05) is 6.07 Å². The van der Waals surface area contributed by atoms with E-state index < -0.39 is 10.0 Å². The Hall–Kier alpha value is -2.45. The van der Waals surface area contributed by atoms with E-state index in [9.17, 15) is 13.2 Å². The molecule has 2 aliphatic rings. The van der Waals surface area contributed by atoms with Crippen LogP contribution < -0.4 is 10.1 Å². The Morgan fingerprint density at radius 2 is 2.00 bits per heavy atom. The lowest BCUT2D eigenvalue weighted by molar-refractivity contribution is 0.0950. The van der Waals surface area contributed by atoms with Gasteiger partial charge in [-0.15, -0.1) is 0 Å². The molecule has 1 aromatic carbocycles. The number of methoxy groups -OCH3 is 1. The summed E-state index contributed by atoms with van der Waals surface area (Å²) in [7, 11) is -2.14. The number of benzene rings is 1. The predicted molar refractivity (Wildman–Crippen MR) is 122 cm³/mol. The SMILES string of the molecule is COc1ccc(CNC(=O)c2cccc(S(=O)(=O)N3C[C@@]4(C)C[C@H]3CC(C)(C)C4)c2)cn1. The molecule has 2 heterocycles. The number of hydrogen-bond donors (Lipinski definition) is 1. The summed E-state index contributed by atoms with van der Waals surface area (Å²) in [6, 6.07) is 9.87. The lowest BCUT2D eigenvalue weighted by Gasteiger charge is -2.39. The predicted octanol–water partition coefficient (Wildman–Crippen LogP) is 3.61. The van der Waals surface area contributed by atoms with Crippen molar-refractivity contribution in [1.29, 1.82) is 0 Å². The zero-order chi connectivity index (χ0) is 23.1. The maximum atomic E-state index is 13.5. The van der Waals surface area contributed by atoms with Crippen LogP contribution in [-0.2, 0) is 16.6 Å². The van der Waals surface area contributed by atoms with Crippen molar-refractivity contribution in [3.8, 4) is 5.88 Å². The molecule has 1 amide bonds. The number of aromatic nitrogens is 1. The number of nitrogens with one attached hydrogen (secondary N) is 1. The van der Waals surface area contributed by atoms with Crippen molar-refractivity contribution >= 4 is 15.9 Å². The Kier molecular flexibility index (Phi) is 5.79. The van der Waals surface area contributed by atoms with Crippen molar-refractivity contribution in [2.45, 2.75) is 57.5 Å². The number of ether oxygens (including phenoxy) is 1. The number of rotatable bonds is 6. The summed E-state index contributed by atoms with van der Waals surface area (Å²) in [5, 5.41) is 2.83. The van der Waals surface area contributed by atoms with Crippen LogP contribution in [0.25, 0.3) is 0 Å². The largest absolute Gasteiger partial charge is 0.481 e. The third-order valence-electron chi connectivity index (χ3n) is 6.53. The molecular weight excluding hydrogens is 426 g/mol. The van der Waals surface area contributed by atoms with E-state index in [2.05, 4.69) is 31.1 Å². The first-order valence-corrected chi connectivity index (χ1v) is 12.3. The van der Waals surface area contributed by atoms with Crippen molar-refractivity contribution < 1.29 is 17.9 Å². The van der Waals surface area contributed by atoms with Crippen LogP contribution in [0.5, 0.6) is 5.88 Å². The van der Waals surface area contributed by atoms with Gasteiger partial charge in [-0.25, -0.2) is 13.4 Å². The maximum Gasteiger partial charge on any atom is 0.251 e. The fraction of sp³-hybridized carbons (Fsp3) is 0.500. The zero-order valence-corrected chi connectivity index (χ0v) is 19.9. The van der Waals surface area contributed by atoms with Crippen LogP contribution in [0.3, 0.4) is 0 Å². The molecule has 1 saturated heterocycles. The number of sulfonamides is 1. The van der Waals surface area contributed by atoms with Crippen LogP contribution in [0, 0.1) is 10.8 Å². The number of carbonyl (C=O) groups is 1. The minimum Gasteiger partial charge on any atom is -0.481 e. The molecule has 0 spiro atoms. The fourth-order valence-corrected chi connectivity index (χ4v) is 7.36. The first kappa shape index (κ1) is 22.7. The Labute approximate surface area is 190 Å². The molecule has 172 valence electrons. The van der Waals surface area contributed by atoms with Crippen molar-refractivity contribution in [1.82, 2.24) is 14.6 Å². The van der Waals surface area contributed by atoms with E-state index in [0.717, 1.165) is 24.8 Å². The van der Waals surface area contributed by atoms with E-state index in [4.69, 9.17) is 4.74 Å². The van der Waals surface area contributed by atoms with Gasteiger partial charge in [-0.3, -0.25) is 4.79 Å². The molecule has 1 aliphatic heterocycles. The van der Waals surface area contributed by atoms with Gasteiger partial charge in [0.1, 0.15) is 0 Å². The van der Waals surface area contributed by atoms with Gasteiger partial charge in [-0.1, -0.05) is 32.9 Å². The van der Waals surface area contributed by atoms with Gasteiger partial charge in [0, 0.05) is 37.0 Å². The van der Waals surface area contributed by atoms with Gasteiger partial charge in [0.25, 0.3) is 5.91 Å². The average molecular weight is 458 g/mol. The standard InChI is InChI=1S/C24H31N3O4S/c1-23(2)11-19-12-24(3,15-23)16-27(19)32(29,30)20-7-5-6-18(10-20)22(28)26-14-17-8-9-21(31-4)25-13-17/h5-10,13,19H,11-12,14-16H2,1-4H3,(H,26,28)/t19-,24+/m1/s1. The number of hydrogen-bond acceptors (Lipinski definition) is 5. The summed E-state index contributed by atoms with van der Waals surface area (Å²) in [5.41, 5.74) is 1.27. The molecule has 4 rings (SSSR count). The molecule has 8 heteroatoms. The molecule has 2 atom stereocenters. The van der Waals surface area contributed by atoms with Crippen molar-refractivity contribution in [2.24, 2.45) is 10.8 Å². The Morgan fingerprint density at radius 3 is 2.69 bits per heavy atom. The quantitative estimate of drug-likeness (QED) is 0.716. The normalized spacial score (nSPS) is 24.8. The number of carbonyl (C=O) groups excluding carboxylic acids is 1. The third kappa shape index (κ3) is 4.52. The second kappa shape index (κ2) is 8.15. The Bertz CT molecular complexity index is 1110. The summed E-state index contributed by atoms with van der Waals surface area (Å²) in [5.74, 6) is 0.174. The minimum atomic E-state index is -3.68. The third-order valence-corrected chi connectivity index (χ3v) is 8.42. The Balaban J connectivity index is 1.50. The fourth-order valence-electron chi connectivity index (χ4n) is 5.54. The van der Waals surface area contributed by atoms with Gasteiger partial charge < -0.3 is 10.1 Å². The lowest BCUT2D eigenvalue weighted by Crippen LogP contribution is -2.37. The van der Waals surface area contributed by atoms with Gasteiger partial charge >= 0.3 is 0 Å². The number of amides is 1. The van der Waals surface area contributed by atoms with Crippen LogP contribution in [0.1, 0.15) is 56.0 Å². The molecule has 1 aliphatic carbocycles. The van der Waals surface area contributed by atoms with Crippen molar-refractivity contribution in [3.63, 3.8) is 0 Å². The van der Waals surface area contributed by atoms with Gasteiger partial charge in [-0.05, 0) is 53.9 Å². The molecule has 1 aromatic heterocycles. The zero-order valence-electron chi connectivity index (χ0n) is 19.1. The first-order chi connectivity index (χ1) is 15.0. The highest BCUT2D eigenvalue weighted by Gasteiger charge is 2.53. The average Bonchev–Trinajstić information content (AvgIpc) is 3.01. The Morgan fingerprint density at radius 1 is 1.22 bits per heavy atom.